The summed E-state index contributed by atoms with van der Waals surface area (Å²) >= 11 is 3.56. The molecule has 1 amide bonds. The fourth-order valence-electron chi connectivity index (χ4n) is 3.27. The Kier molecular flexibility index (Phi) is 5.37. The molecule has 116 valence electrons. The molecule has 2 rings (SSSR count). The van der Waals surface area contributed by atoms with E-state index in [0.29, 0.717) is 12.8 Å². The van der Waals surface area contributed by atoms with Crippen LogP contribution in [0, 0.1) is 11.8 Å². The van der Waals surface area contributed by atoms with Crippen LogP contribution in [0.5, 0.6) is 0 Å². The average Bonchev–Trinajstić information content (AvgIpc) is 2.40. The maximum absolute atomic E-state index is 12.8. The first kappa shape index (κ1) is 16.1. The van der Waals surface area contributed by atoms with E-state index in [1.54, 1.807) is 0 Å². The lowest BCUT2D eigenvalue weighted by molar-refractivity contribution is -0.186. The SMILES string of the molecule is O=C(NC1CCCCC1Br)C1CCCC(C(F)(F)F)C1. The highest BCUT2D eigenvalue weighted by molar-refractivity contribution is 9.09. The number of alkyl halides is 4. The van der Waals surface area contributed by atoms with Gasteiger partial charge in [0, 0.05) is 16.8 Å². The van der Waals surface area contributed by atoms with E-state index in [9.17, 15) is 18.0 Å². The van der Waals surface area contributed by atoms with E-state index < -0.39 is 18.0 Å². The van der Waals surface area contributed by atoms with E-state index in [4.69, 9.17) is 0 Å². The molecule has 0 aliphatic heterocycles. The predicted molar refractivity (Wildman–Crippen MR) is 74.6 cm³/mol. The molecular formula is C14H21BrF3NO. The van der Waals surface area contributed by atoms with Gasteiger partial charge in [0.05, 0.1) is 5.92 Å². The van der Waals surface area contributed by atoms with Crippen molar-refractivity contribution in [3.8, 4) is 0 Å². The fourth-order valence-corrected chi connectivity index (χ4v) is 3.99. The number of carbonyl (C=O) groups is 1. The smallest absolute Gasteiger partial charge is 0.352 e. The molecule has 0 aromatic carbocycles. The van der Waals surface area contributed by atoms with Crippen molar-refractivity contribution < 1.29 is 18.0 Å². The minimum Gasteiger partial charge on any atom is -0.352 e. The van der Waals surface area contributed by atoms with Crippen molar-refractivity contribution in [3.05, 3.63) is 0 Å². The third kappa shape index (κ3) is 4.12. The van der Waals surface area contributed by atoms with Crippen molar-refractivity contribution in [3.63, 3.8) is 0 Å². The second-order valence-corrected chi connectivity index (χ2v) is 7.19. The van der Waals surface area contributed by atoms with Gasteiger partial charge < -0.3 is 5.32 Å². The molecule has 0 radical (unpaired) electrons. The maximum Gasteiger partial charge on any atom is 0.391 e. The molecule has 1 N–H and O–H groups in total. The predicted octanol–water partition coefficient (Wildman–Crippen LogP) is 4.18. The molecule has 20 heavy (non-hydrogen) atoms. The second-order valence-electron chi connectivity index (χ2n) is 6.02. The van der Waals surface area contributed by atoms with Gasteiger partial charge in [0.25, 0.3) is 0 Å². The van der Waals surface area contributed by atoms with Gasteiger partial charge in [0.1, 0.15) is 0 Å². The van der Waals surface area contributed by atoms with Crippen LogP contribution in [0.15, 0.2) is 0 Å². The lowest BCUT2D eigenvalue weighted by Gasteiger charge is -2.33. The normalized spacial score (nSPS) is 35.6. The third-order valence-corrected chi connectivity index (χ3v) is 5.61. The molecule has 6 heteroatoms. The molecule has 0 aromatic rings. The first-order chi connectivity index (χ1) is 9.38. The molecule has 4 unspecified atom stereocenters. The van der Waals surface area contributed by atoms with Crippen LogP contribution < -0.4 is 5.32 Å². The van der Waals surface area contributed by atoms with Gasteiger partial charge in [-0.1, -0.05) is 35.2 Å². The van der Waals surface area contributed by atoms with E-state index in [1.165, 1.54) is 0 Å². The first-order valence-electron chi connectivity index (χ1n) is 7.39. The monoisotopic (exact) mass is 355 g/mol. The number of rotatable bonds is 2. The number of halogens is 4. The summed E-state index contributed by atoms with van der Waals surface area (Å²) in [5.41, 5.74) is 0. The number of nitrogens with one attached hydrogen (secondary N) is 1. The molecule has 0 heterocycles. The fraction of sp³-hybridized carbons (Fsp3) is 0.929. The zero-order chi connectivity index (χ0) is 14.8. The van der Waals surface area contributed by atoms with Gasteiger partial charge in [0.2, 0.25) is 5.91 Å². The van der Waals surface area contributed by atoms with Crippen LogP contribution in [0.25, 0.3) is 0 Å². The Morgan fingerprint density at radius 1 is 1.05 bits per heavy atom. The van der Waals surface area contributed by atoms with Crippen molar-refractivity contribution in [1.29, 1.82) is 0 Å². The summed E-state index contributed by atoms with van der Waals surface area (Å²) in [7, 11) is 0. The molecule has 2 aliphatic rings. The van der Waals surface area contributed by atoms with Gasteiger partial charge in [-0.05, 0) is 32.1 Å². The Hall–Kier alpha value is -0.260. The molecule has 2 nitrogen and oxygen atoms in total. The second kappa shape index (κ2) is 6.67. The zero-order valence-corrected chi connectivity index (χ0v) is 13.0. The summed E-state index contributed by atoms with van der Waals surface area (Å²) in [5.74, 6) is -1.97. The summed E-state index contributed by atoms with van der Waals surface area (Å²) in [6.07, 6.45) is 1.17. The molecule has 0 bridgehead atoms. The lowest BCUT2D eigenvalue weighted by Crippen LogP contribution is -2.46. The summed E-state index contributed by atoms with van der Waals surface area (Å²) in [6.45, 7) is 0. The molecule has 2 fully saturated rings. The Morgan fingerprint density at radius 2 is 1.75 bits per heavy atom. The van der Waals surface area contributed by atoms with E-state index in [1.807, 2.05) is 0 Å². The zero-order valence-electron chi connectivity index (χ0n) is 11.4. The van der Waals surface area contributed by atoms with Crippen LogP contribution in [-0.4, -0.2) is 23.0 Å². The summed E-state index contributed by atoms with van der Waals surface area (Å²) in [4.78, 5) is 12.4. The molecule has 0 aromatic heterocycles. The standard InChI is InChI=1S/C14H21BrF3NO/c15-11-6-1-2-7-12(11)19-13(20)9-4-3-5-10(8-9)14(16,17)18/h9-12H,1-8H2,(H,19,20). The summed E-state index contributed by atoms with van der Waals surface area (Å²) < 4.78 is 38.3. The summed E-state index contributed by atoms with van der Waals surface area (Å²) in [5, 5.41) is 2.96. The van der Waals surface area contributed by atoms with Crippen LogP contribution in [-0.2, 0) is 4.79 Å². The Balaban J connectivity index is 1.88. The van der Waals surface area contributed by atoms with Gasteiger partial charge in [-0.15, -0.1) is 0 Å². The maximum atomic E-state index is 12.8. The highest BCUT2D eigenvalue weighted by atomic mass is 79.9. The Morgan fingerprint density at radius 3 is 2.40 bits per heavy atom. The minimum atomic E-state index is -4.16. The van der Waals surface area contributed by atoms with E-state index in [2.05, 4.69) is 21.2 Å². The Labute approximate surface area is 126 Å². The number of carbonyl (C=O) groups excluding carboxylic acids is 1. The van der Waals surface area contributed by atoms with Crippen LogP contribution in [0.3, 0.4) is 0 Å². The van der Waals surface area contributed by atoms with Crippen LogP contribution >= 0.6 is 15.9 Å². The van der Waals surface area contributed by atoms with Crippen molar-refractivity contribution in [2.75, 3.05) is 0 Å². The topological polar surface area (TPSA) is 29.1 Å². The lowest BCUT2D eigenvalue weighted by atomic mass is 9.80. The molecular weight excluding hydrogens is 335 g/mol. The van der Waals surface area contributed by atoms with Gasteiger partial charge in [-0.25, -0.2) is 0 Å². The van der Waals surface area contributed by atoms with E-state index in [0.717, 1.165) is 25.7 Å². The number of hydrogen-bond donors (Lipinski definition) is 1. The molecule has 0 saturated heterocycles. The van der Waals surface area contributed by atoms with Gasteiger partial charge in [0.15, 0.2) is 0 Å². The molecule has 4 atom stereocenters. The largest absolute Gasteiger partial charge is 0.391 e. The van der Waals surface area contributed by atoms with Crippen molar-refractivity contribution in [2.45, 2.75) is 68.4 Å². The summed E-state index contributed by atoms with van der Waals surface area (Å²) in [6, 6.07) is 0.0718. The van der Waals surface area contributed by atoms with Gasteiger partial charge in [-0.3, -0.25) is 4.79 Å². The van der Waals surface area contributed by atoms with Crippen LogP contribution in [0.2, 0.25) is 0 Å². The quantitative estimate of drug-likeness (QED) is 0.739. The van der Waals surface area contributed by atoms with Gasteiger partial charge in [-0.2, -0.15) is 13.2 Å². The highest BCUT2D eigenvalue weighted by Gasteiger charge is 2.43. The Bertz CT molecular complexity index is 348. The van der Waals surface area contributed by atoms with Crippen molar-refractivity contribution in [1.82, 2.24) is 5.32 Å². The van der Waals surface area contributed by atoms with Gasteiger partial charge >= 0.3 is 6.18 Å². The number of amides is 1. The third-order valence-electron chi connectivity index (χ3n) is 4.52. The molecule has 0 spiro atoms. The molecule has 2 aliphatic carbocycles. The minimum absolute atomic E-state index is 0.0466. The van der Waals surface area contributed by atoms with E-state index >= 15 is 0 Å². The molecule has 2 saturated carbocycles. The van der Waals surface area contributed by atoms with E-state index in [-0.39, 0.29) is 29.6 Å². The highest BCUT2D eigenvalue weighted by Crippen LogP contribution is 2.40. The number of hydrogen-bond acceptors (Lipinski definition) is 1. The average molecular weight is 356 g/mol. The van der Waals surface area contributed by atoms with Crippen LogP contribution in [0.1, 0.15) is 51.4 Å². The van der Waals surface area contributed by atoms with Crippen molar-refractivity contribution in [2.24, 2.45) is 11.8 Å². The first-order valence-corrected chi connectivity index (χ1v) is 8.30. The van der Waals surface area contributed by atoms with Crippen molar-refractivity contribution >= 4 is 21.8 Å². The van der Waals surface area contributed by atoms with Crippen LogP contribution in [0.4, 0.5) is 13.2 Å².